The van der Waals surface area contributed by atoms with E-state index in [0.29, 0.717) is 34.6 Å². The van der Waals surface area contributed by atoms with Crippen molar-refractivity contribution in [1.82, 2.24) is 4.98 Å². The molecule has 2 heterocycles. The molecule has 168 valence electrons. The first-order valence-electron chi connectivity index (χ1n) is 12.1. The van der Waals surface area contributed by atoms with Crippen LogP contribution in [-0.4, -0.2) is 17.7 Å². The lowest BCUT2D eigenvalue weighted by Crippen LogP contribution is -2.32. The van der Waals surface area contributed by atoms with Crippen LogP contribution in [0.4, 0.5) is 8.78 Å². The Morgan fingerprint density at radius 3 is 2.29 bits per heavy atom. The number of pyridine rings is 1. The monoisotopic (exact) mass is 427 g/mol. The lowest BCUT2D eigenvalue weighted by Gasteiger charge is -2.38. The number of hydrogen-bond acceptors (Lipinski definition) is 2. The van der Waals surface area contributed by atoms with Crippen LogP contribution in [0.2, 0.25) is 0 Å². The van der Waals surface area contributed by atoms with Crippen molar-refractivity contribution in [2.24, 2.45) is 11.8 Å². The molecule has 0 amide bonds. The lowest BCUT2D eigenvalue weighted by atomic mass is 9.72. The van der Waals surface area contributed by atoms with Gasteiger partial charge in [0.25, 0.3) is 0 Å². The van der Waals surface area contributed by atoms with E-state index in [9.17, 15) is 4.39 Å². The first-order chi connectivity index (χ1) is 15.1. The summed E-state index contributed by atoms with van der Waals surface area (Å²) >= 11 is 0. The molecule has 0 bridgehead atoms. The quantitative estimate of drug-likeness (QED) is 0.477. The van der Waals surface area contributed by atoms with Crippen molar-refractivity contribution in [3.63, 3.8) is 0 Å². The molecule has 2 fully saturated rings. The first-order valence-corrected chi connectivity index (χ1v) is 12.1. The van der Waals surface area contributed by atoms with Crippen LogP contribution in [0, 0.1) is 23.5 Å². The molecule has 1 aliphatic heterocycles. The zero-order valence-corrected chi connectivity index (χ0v) is 18.9. The highest BCUT2D eigenvalue weighted by molar-refractivity contribution is 5.64. The van der Waals surface area contributed by atoms with Gasteiger partial charge < -0.3 is 4.74 Å². The van der Waals surface area contributed by atoms with Crippen molar-refractivity contribution in [3.8, 4) is 11.1 Å². The Bertz CT molecular complexity index is 850. The van der Waals surface area contributed by atoms with Crippen molar-refractivity contribution in [3.05, 3.63) is 53.4 Å². The van der Waals surface area contributed by atoms with Gasteiger partial charge in [0.05, 0.1) is 12.7 Å². The SMILES string of the molecule is CCCC1CCC(C2CCC(c3ccc(-c4ccc(CC)nc4)c(F)c3F)CC2)CO1. The fourth-order valence-electron chi connectivity index (χ4n) is 5.54. The zero-order valence-electron chi connectivity index (χ0n) is 18.9. The molecule has 1 saturated heterocycles. The molecule has 0 spiro atoms. The number of nitrogens with zero attached hydrogens (tertiary/aromatic N) is 1. The van der Waals surface area contributed by atoms with Crippen LogP contribution in [0.5, 0.6) is 0 Å². The Hall–Kier alpha value is -1.81. The van der Waals surface area contributed by atoms with Crippen molar-refractivity contribution in [2.45, 2.75) is 83.7 Å². The molecule has 2 unspecified atom stereocenters. The third kappa shape index (κ3) is 5.00. The largest absolute Gasteiger partial charge is 0.378 e. The Morgan fingerprint density at radius 2 is 1.68 bits per heavy atom. The average Bonchev–Trinajstić information content (AvgIpc) is 2.82. The van der Waals surface area contributed by atoms with Gasteiger partial charge in [0.15, 0.2) is 11.6 Å². The van der Waals surface area contributed by atoms with Gasteiger partial charge >= 0.3 is 0 Å². The summed E-state index contributed by atoms with van der Waals surface area (Å²) in [7, 11) is 0. The van der Waals surface area contributed by atoms with E-state index in [1.165, 1.54) is 25.7 Å². The maximum Gasteiger partial charge on any atom is 0.166 e. The summed E-state index contributed by atoms with van der Waals surface area (Å²) in [5, 5.41) is 0. The number of rotatable bonds is 6. The number of aryl methyl sites for hydroxylation is 1. The summed E-state index contributed by atoms with van der Waals surface area (Å²) in [5.74, 6) is -0.0132. The molecule has 2 nitrogen and oxygen atoms in total. The lowest BCUT2D eigenvalue weighted by molar-refractivity contribution is -0.0409. The Balaban J connectivity index is 1.39. The molecule has 1 aromatic carbocycles. The number of benzene rings is 1. The van der Waals surface area contributed by atoms with Gasteiger partial charge in [0.2, 0.25) is 0 Å². The average molecular weight is 428 g/mol. The number of aromatic nitrogens is 1. The topological polar surface area (TPSA) is 22.1 Å². The van der Waals surface area contributed by atoms with Crippen LogP contribution >= 0.6 is 0 Å². The molecule has 1 aliphatic carbocycles. The van der Waals surface area contributed by atoms with Gasteiger partial charge in [-0.15, -0.1) is 0 Å². The van der Waals surface area contributed by atoms with Crippen LogP contribution in [0.1, 0.15) is 82.4 Å². The molecule has 1 aromatic heterocycles. The Labute approximate surface area is 185 Å². The van der Waals surface area contributed by atoms with Gasteiger partial charge in [-0.3, -0.25) is 4.98 Å². The van der Waals surface area contributed by atoms with E-state index in [0.717, 1.165) is 44.4 Å². The van der Waals surface area contributed by atoms with Crippen LogP contribution in [0.15, 0.2) is 30.5 Å². The third-order valence-corrected chi connectivity index (χ3v) is 7.50. The highest BCUT2D eigenvalue weighted by Crippen LogP contribution is 2.43. The molecule has 4 rings (SSSR count). The first kappa shape index (κ1) is 22.4. The van der Waals surface area contributed by atoms with E-state index in [1.54, 1.807) is 18.3 Å². The summed E-state index contributed by atoms with van der Waals surface area (Å²) < 4.78 is 36.0. The second-order valence-electron chi connectivity index (χ2n) is 9.42. The number of ether oxygens (including phenoxy) is 1. The van der Waals surface area contributed by atoms with E-state index in [4.69, 9.17) is 4.74 Å². The molecule has 0 radical (unpaired) electrons. The Morgan fingerprint density at radius 1 is 0.903 bits per heavy atom. The molecule has 0 N–H and O–H groups in total. The summed E-state index contributed by atoms with van der Waals surface area (Å²) in [4.78, 5) is 4.32. The fraction of sp³-hybridized carbons (Fsp3) is 0.593. The van der Waals surface area contributed by atoms with Crippen LogP contribution in [-0.2, 0) is 11.2 Å². The summed E-state index contributed by atoms with van der Waals surface area (Å²) in [6, 6.07) is 7.23. The Kier molecular flexibility index (Phi) is 7.37. The highest BCUT2D eigenvalue weighted by Gasteiger charge is 2.33. The fourth-order valence-corrected chi connectivity index (χ4v) is 5.54. The number of halogens is 2. The smallest absolute Gasteiger partial charge is 0.166 e. The predicted molar refractivity (Wildman–Crippen MR) is 121 cm³/mol. The minimum atomic E-state index is -0.742. The van der Waals surface area contributed by atoms with Crippen molar-refractivity contribution in [2.75, 3.05) is 6.61 Å². The van der Waals surface area contributed by atoms with Gasteiger partial charge in [-0.05, 0) is 80.8 Å². The molecule has 4 heteroatoms. The molecule has 1 saturated carbocycles. The summed E-state index contributed by atoms with van der Waals surface area (Å²) in [6.45, 7) is 5.11. The molecule has 2 aliphatic rings. The maximum atomic E-state index is 15.0. The van der Waals surface area contributed by atoms with Gasteiger partial charge in [-0.2, -0.15) is 0 Å². The van der Waals surface area contributed by atoms with E-state index in [2.05, 4.69) is 11.9 Å². The van der Waals surface area contributed by atoms with E-state index < -0.39 is 11.6 Å². The molecule has 2 aromatic rings. The molecular formula is C27H35F2NO. The van der Waals surface area contributed by atoms with E-state index in [1.807, 2.05) is 19.1 Å². The molecule has 31 heavy (non-hydrogen) atoms. The minimum absolute atomic E-state index is 0.109. The second-order valence-corrected chi connectivity index (χ2v) is 9.42. The second kappa shape index (κ2) is 10.2. The predicted octanol–water partition coefficient (Wildman–Crippen LogP) is 7.46. The van der Waals surface area contributed by atoms with Crippen molar-refractivity contribution < 1.29 is 13.5 Å². The van der Waals surface area contributed by atoms with Gasteiger partial charge in [0.1, 0.15) is 0 Å². The van der Waals surface area contributed by atoms with E-state index in [-0.39, 0.29) is 5.92 Å². The zero-order chi connectivity index (χ0) is 21.8. The van der Waals surface area contributed by atoms with Crippen molar-refractivity contribution in [1.29, 1.82) is 0 Å². The van der Waals surface area contributed by atoms with Gasteiger partial charge in [-0.25, -0.2) is 8.78 Å². The standard InChI is InChI=1S/C27H35F2NO/c1-3-5-23-13-11-21(17-31-23)18-6-8-19(9-7-18)24-14-15-25(27(29)26(24)28)20-10-12-22(4-2)30-16-20/h10,12,14-16,18-19,21,23H,3-9,11,13,17H2,1-2H3. The molecule has 2 atom stereocenters. The summed E-state index contributed by atoms with van der Waals surface area (Å²) in [6.07, 6.45) is 11.7. The van der Waals surface area contributed by atoms with Crippen LogP contribution in [0.3, 0.4) is 0 Å². The van der Waals surface area contributed by atoms with E-state index >= 15 is 4.39 Å². The van der Waals surface area contributed by atoms with Gasteiger partial charge in [-0.1, -0.05) is 38.5 Å². The van der Waals surface area contributed by atoms with Crippen molar-refractivity contribution >= 4 is 0 Å². The maximum absolute atomic E-state index is 15.0. The van der Waals surface area contributed by atoms with Gasteiger partial charge in [0, 0.05) is 23.0 Å². The normalized spacial score (nSPS) is 26.7. The minimum Gasteiger partial charge on any atom is -0.378 e. The third-order valence-electron chi connectivity index (χ3n) is 7.50. The van der Waals surface area contributed by atoms with Crippen LogP contribution in [0.25, 0.3) is 11.1 Å². The summed E-state index contributed by atoms with van der Waals surface area (Å²) in [5.41, 5.74) is 2.41. The highest BCUT2D eigenvalue weighted by atomic mass is 19.2. The van der Waals surface area contributed by atoms with Crippen LogP contribution < -0.4 is 0 Å². The molecular weight excluding hydrogens is 392 g/mol. The number of hydrogen-bond donors (Lipinski definition) is 0.